The summed E-state index contributed by atoms with van der Waals surface area (Å²) in [5.41, 5.74) is 3.01. The van der Waals surface area contributed by atoms with E-state index < -0.39 is 35.8 Å². The van der Waals surface area contributed by atoms with Gasteiger partial charge in [0.05, 0.1) is 15.5 Å². The fourth-order valence-corrected chi connectivity index (χ4v) is 4.35. The quantitative estimate of drug-likeness (QED) is 0.262. The molecule has 0 saturated carbocycles. The summed E-state index contributed by atoms with van der Waals surface area (Å²) in [4.78, 5) is 11.6. The molecule has 13 heteroatoms. The van der Waals surface area contributed by atoms with Crippen molar-refractivity contribution in [3.63, 3.8) is 0 Å². The molecule has 0 bridgehead atoms. The zero-order chi connectivity index (χ0) is 21.6. The first kappa shape index (κ1) is 28.2. The molecular weight excluding hydrogens is 466 g/mol. The van der Waals surface area contributed by atoms with Gasteiger partial charge < -0.3 is 9.11 Å². The minimum Gasteiger partial charge on any atom is -0.744 e. The van der Waals surface area contributed by atoms with Crippen LogP contribution in [0.4, 0.5) is 5.69 Å². The SMILES string of the molecule is Cc1cc(C)c(S(=O)(=O)[O-])cc1N/N=C1\C=C(S(=O)(=O)[O-])c2ccccc2C1=O.[Na+].[Na+]. The van der Waals surface area contributed by atoms with Crippen LogP contribution in [-0.2, 0) is 20.2 Å². The average Bonchev–Trinajstić information content (AvgIpc) is 2.60. The Morgan fingerprint density at radius 1 is 0.871 bits per heavy atom. The predicted molar refractivity (Wildman–Crippen MR) is 103 cm³/mol. The number of benzene rings is 2. The number of nitrogens with one attached hydrogen (secondary N) is 1. The fraction of sp³-hybridized carbons (Fsp3) is 0.111. The number of hydrogen-bond acceptors (Lipinski definition) is 9. The third-order valence-corrected chi connectivity index (χ3v) is 6.15. The van der Waals surface area contributed by atoms with Gasteiger partial charge in [0, 0.05) is 11.1 Å². The maximum Gasteiger partial charge on any atom is 1.00 e. The van der Waals surface area contributed by atoms with Crippen molar-refractivity contribution in [1.82, 2.24) is 0 Å². The van der Waals surface area contributed by atoms with Crippen LogP contribution >= 0.6 is 0 Å². The standard InChI is InChI=1S/C18H16N2O7S2.2Na/c1-10-7-11(2)16(28(22,23)24)8-14(10)19-20-15-9-17(29(25,26)27)12-5-3-4-6-13(12)18(15)21;;/h3-9,19H,1-2H3,(H,22,23,24)(H,25,26,27);;/q;2*+1/p-2/b20-15+;;. The normalized spacial score (nSPS) is 14.8. The number of allylic oxidation sites excluding steroid dienone is 1. The Morgan fingerprint density at radius 2 is 1.45 bits per heavy atom. The number of anilines is 1. The summed E-state index contributed by atoms with van der Waals surface area (Å²) >= 11 is 0. The fourth-order valence-electron chi connectivity index (χ4n) is 2.93. The van der Waals surface area contributed by atoms with E-state index in [-0.39, 0.29) is 87.2 Å². The molecule has 0 aliphatic heterocycles. The molecule has 0 unspecified atom stereocenters. The van der Waals surface area contributed by atoms with E-state index >= 15 is 0 Å². The van der Waals surface area contributed by atoms with E-state index in [1.165, 1.54) is 37.3 Å². The van der Waals surface area contributed by atoms with Gasteiger partial charge in [-0.25, -0.2) is 16.8 Å². The monoisotopic (exact) mass is 480 g/mol. The van der Waals surface area contributed by atoms with Crippen LogP contribution in [0.3, 0.4) is 0 Å². The predicted octanol–water partition coefficient (Wildman–Crippen LogP) is -4.23. The zero-order valence-corrected chi connectivity index (χ0v) is 22.8. The molecule has 0 saturated heterocycles. The molecule has 9 nitrogen and oxygen atoms in total. The minimum absolute atomic E-state index is 0. The molecular formula is C18H14N2Na2O7S2. The Morgan fingerprint density at radius 3 is 2.00 bits per heavy atom. The van der Waals surface area contributed by atoms with E-state index in [9.17, 15) is 30.7 Å². The number of hydrogen-bond donors (Lipinski definition) is 1. The second-order valence-electron chi connectivity index (χ2n) is 6.33. The van der Waals surface area contributed by atoms with Crippen LogP contribution in [-0.4, -0.2) is 37.4 Å². The summed E-state index contributed by atoms with van der Waals surface area (Å²) in [7, 11) is -9.62. The van der Waals surface area contributed by atoms with Gasteiger partial charge in [-0.2, -0.15) is 5.10 Å². The van der Waals surface area contributed by atoms with E-state index in [0.717, 1.165) is 12.1 Å². The molecule has 0 fully saturated rings. The third kappa shape index (κ3) is 6.14. The number of ketones is 1. The number of carbonyl (C=O) groups excluding carboxylic acids is 1. The second-order valence-corrected chi connectivity index (χ2v) is 9.03. The molecule has 31 heavy (non-hydrogen) atoms. The molecule has 1 N–H and O–H groups in total. The molecule has 2 aromatic carbocycles. The maximum absolute atomic E-state index is 12.6. The van der Waals surface area contributed by atoms with Gasteiger partial charge in [0.2, 0.25) is 5.78 Å². The van der Waals surface area contributed by atoms with Crippen molar-refractivity contribution in [2.75, 3.05) is 5.43 Å². The van der Waals surface area contributed by atoms with Crippen molar-refractivity contribution in [3.8, 4) is 0 Å². The van der Waals surface area contributed by atoms with E-state index in [0.29, 0.717) is 5.56 Å². The molecule has 0 atom stereocenters. The van der Waals surface area contributed by atoms with Crippen molar-refractivity contribution in [3.05, 3.63) is 64.7 Å². The van der Waals surface area contributed by atoms with Gasteiger partial charge in [0.15, 0.2) is 0 Å². The summed E-state index contributed by atoms with van der Waals surface area (Å²) in [5, 5.41) is 3.85. The van der Waals surface area contributed by atoms with Crippen molar-refractivity contribution < 1.29 is 89.9 Å². The van der Waals surface area contributed by atoms with E-state index in [1.807, 2.05) is 0 Å². The van der Waals surface area contributed by atoms with Gasteiger partial charge in [-0.15, -0.1) is 0 Å². The Hall–Kier alpha value is -0.860. The Bertz CT molecular complexity index is 1320. The summed E-state index contributed by atoms with van der Waals surface area (Å²) in [6, 6.07) is 8.24. The van der Waals surface area contributed by atoms with Crippen LogP contribution < -0.4 is 64.5 Å². The second kappa shape index (κ2) is 10.4. The summed E-state index contributed by atoms with van der Waals surface area (Å²) < 4.78 is 69.0. The molecule has 0 aromatic heterocycles. The van der Waals surface area contributed by atoms with Gasteiger partial charge in [0.1, 0.15) is 25.9 Å². The van der Waals surface area contributed by atoms with Crippen LogP contribution in [0.15, 0.2) is 52.5 Å². The Labute approximate surface area is 224 Å². The number of aryl methyl sites for hydroxylation is 2. The van der Waals surface area contributed by atoms with Crippen molar-refractivity contribution in [2.24, 2.45) is 5.10 Å². The first-order valence-electron chi connectivity index (χ1n) is 8.12. The molecule has 2 aromatic rings. The van der Waals surface area contributed by atoms with Crippen LogP contribution in [0.25, 0.3) is 4.91 Å². The Kier molecular flexibility index (Phi) is 9.44. The number of rotatable bonds is 4. The smallest absolute Gasteiger partial charge is 0.744 e. The van der Waals surface area contributed by atoms with E-state index in [4.69, 9.17) is 0 Å². The van der Waals surface area contributed by atoms with E-state index in [2.05, 4.69) is 10.5 Å². The van der Waals surface area contributed by atoms with Gasteiger partial charge >= 0.3 is 59.1 Å². The molecule has 1 aliphatic rings. The number of Topliss-reactive ketones (excluding diaryl/α,β-unsaturated/α-hetero) is 1. The summed E-state index contributed by atoms with van der Waals surface area (Å²) in [6.07, 6.45) is 0.856. The maximum atomic E-state index is 12.6. The average molecular weight is 480 g/mol. The van der Waals surface area contributed by atoms with Crippen molar-refractivity contribution in [1.29, 1.82) is 0 Å². The third-order valence-electron chi connectivity index (χ3n) is 4.30. The number of hydrazone groups is 1. The molecule has 152 valence electrons. The van der Waals surface area contributed by atoms with Crippen molar-refractivity contribution >= 4 is 42.3 Å². The van der Waals surface area contributed by atoms with Crippen LogP contribution in [0.2, 0.25) is 0 Å². The molecule has 0 heterocycles. The van der Waals surface area contributed by atoms with Crippen molar-refractivity contribution in [2.45, 2.75) is 18.7 Å². The van der Waals surface area contributed by atoms with Crippen LogP contribution in [0, 0.1) is 13.8 Å². The number of carbonyl (C=O) groups is 1. The van der Waals surface area contributed by atoms with Gasteiger partial charge in [-0.3, -0.25) is 10.2 Å². The van der Waals surface area contributed by atoms with Crippen LogP contribution in [0.5, 0.6) is 0 Å². The summed E-state index contributed by atoms with van der Waals surface area (Å²) in [6.45, 7) is 3.08. The first-order chi connectivity index (χ1) is 13.4. The number of nitrogens with zero attached hydrogens (tertiary/aromatic N) is 1. The molecule has 0 spiro atoms. The minimum atomic E-state index is -4.89. The van der Waals surface area contributed by atoms with Gasteiger partial charge in [-0.05, 0) is 37.1 Å². The largest absolute Gasteiger partial charge is 1.00 e. The Balaban J connectivity index is 0.00000240. The summed E-state index contributed by atoms with van der Waals surface area (Å²) in [5.74, 6) is -0.623. The van der Waals surface area contributed by atoms with Crippen LogP contribution in [0.1, 0.15) is 27.0 Å². The molecule has 1 aliphatic carbocycles. The topological polar surface area (TPSA) is 156 Å². The molecule has 0 amide bonds. The first-order valence-corrected chi connectivity index (χ1v) is 10.9. The molecule has 3 rings (SSSR count). The molecule has 0 radical (unpaired) electrons. The zero-order valence-electron chi connectivity index (χ0n) is 17.2. The van der Waals surface area contributed by atoms with Gasteiger partial charge in [-0.1, -0.05) is 30.3 Å². The number of fused-ring (bicyclic) bond motifs is 1. The van der Waals surface area contributed by atoms with E-state index in [1.54, 1.807) is 6.92 Å². The van der Waals surface area contributed by atoms with Gasteiger partial charge in [0.25, 0.3) is 0 Å².